The summed E-state index contributed by atoms with van der Waals surface area (Å²) in [5.74, 6) is 0.768. The molecule has 5 aromatic rings. The van der Waals surface area contributed by atoms with Gasteiger partial charge in [0.15, 0.2) is 0 Å². The van der Waals surface area contributed by atoms with Gasteiger partial charge < -0.3 is 4.74 Å². The highest BCUT2D eigenvalue weighted by molar-refractivity contribution is 5.77. The van der Waals surface area contributed by atoms with Crippen LogP contribution in [0.15, 0.2) is 108 Å². The second kappa shape index (κ2) is 9.84. The molecule has 6 nitrogen and oxygen atoms in total. The number of imidazole rings is 1. The van der Waals surface area contributed by atoms with Crippen LogP contribution in [-0.4, -0.2) is 32.1 Å². The van der Waals surface area contributed by atoms with Gasteiger partial charge in [0.1, 0.15) is 12.4 Å². The number of fused-ring (bicyclic) bond motifs is 1. The fraction of sp³-hybridized carbons (Fsp3) is 0.200. The number of pyridine rings is 1. The molecule has 3 aromatic carbocycles. The van der Waals surface area contributed by atoms with Crippen molar-refractivity contribution in [1.82, 2.24) is 19.0 Å². The maximum Gasteiger partial charge on any atom is 0.334 e. The lowest BCUT2D eigenvalue weighted by atomic mass is 10.2. The molecule has 180 valence electrons. The summed E-state index contributed by atoms with van der Waals surface area (Å²) in [6.07, 6.45) is 4.49. The zero-order chi connectivity index (χ0) is 24.3. The Morgan fingerprint density at radius 2 is 1.56 bits per heavy atom. The van der Waals surface area contributed by atoms with Gasteiger partial charge in [-0.25, -0.2) is 4.79 Å². The van der Waals surface area contributed by atoms with Gasteiger partial charge >= 0.3 is 5.69 Å². The Balaban J connectivity index is 1.26. The average Bonchev–Trinajstić information content (AvgIpc) is 3.50. The van der Waals surface area contributed by atoms with Crippen molar-refractivity contribution in [3.8, 4) is 11.4 Å². The molecule has 0 unspecified atom stereocenters. The lowest BCUT2D eigenvalue weighted by Crippen LogP contribution is -2.29. The van der Waals surface area contributed by atoms with Crippen LogP contribution in [0.3, 0.4) is 0 Å². The minimum Gasteiger partial charge on any atom is -0.489 e. The van der Waals surface area contributed by atoms with E-state index in [0.29, 0.717) is 6.61 Å². The summed E-state index contributed by atoms with van der Waals surface area (Å²) in [6, 6.07) is 30.4. The van der Waals surface area contributed by atoms with E-state index in [2.05, 4.69) is 34.1 Å². The first-order valence-electron chi connectivity index (χ1n) is 12.4. The number of rotatable bonds is 7. The van der Waals surface area contributed by atoms with E-state index in [0.717, 1.165) is 54.1 Å². The van der Waals surface area contributed by atoms with Gasteiger partial charge in [-0.3, -0.25) is 19.0 Å². The van der Waals surface area contributed by atoms with Gasteiger partial charge in [0, 0.05) is 25.8 Å². The van der Waals surface area contributed by atoms with Crippen molar-refractivity contribution in [1.29, 1.82) is 0 Å². The van der Waals surface area contributed by atoms with E-state index in [4.69, 9.17) is 4.74 Å². The quantitative estimate of drug-likeness (QED) is 0.324. The van der Waals surface area contributed by atoms with Gasteiger partial charge in [0.2, 0.25) is 0 Å². The zero-order valence-corrected chi connectivity index (χ0v) is 20.0. The third-order valence-electron chi connectivity index (χ3n) is 6.88. The third kappa shape index (κ3) is 4.43. The fourth-order valence-electron chi connectivity index (χ4n) is 5.11. The Hall–Kier alpha value is -4.16. The standard InChI is InChI=1S/C30H28N4O2/c35-30-33(25-11-13-27(14-12-25)36-22-24-9-5-2-6-10-24)29-19-31-17-15-28(29)34(30)26-16-18-32(21-26)20-23-7-3-1-4-8-23/h1-15,17,19,26H,16,18,20-22H2/t26-/m1/s1. The molecular weight excluding hydrogens is 448 g/mol. The number of likely N-dealkylation sites (tertiary alicyclic amines) is 1. The molecule has 0 bridgehead atoms. The topological polar surface area (TPSA) is 52.3 Å². The molecule has 1 aliphatic rings. The number of benzene rings is 3. The van der Waals surface area contributed by atoms with E-state index in [1.807, 2.05) is 71.3 Å². The summed E-state index contributed by atoms with van der Waals surface area (Å²) >= 11 is 0. The number of aromatic nitrogens is 3. The maximum atomic E-state index is 13.8. The summed E-state index contributed by atoms with van der Waals surface area (Å²) in [6.45, 7) is 3.22. The van der Waals surface area contributed by atoms with Gasteiger partial charge in [-0.05, 0) is 47.9 Å². The summed E-state index contributed by atoms with van der Waals surface area (Å²) < 4.78 is 9.66. The second-order valence-electron chi connectivity index (χ2n) is 9.28. The Morgan fingerprint density at radius 1 is 0.833 bits per heavy atom. The van der Waals surface area contributed by atoms with Crippen LogP contribution in [0.2, 0.25) is 0 Å². The fourth-order valence-corrected chi connectivity index (χ4v) is 5.11. The highest BCUT2D eigenvalue weighted by Gasteiger charge is 2.28. The molecule has 6 heteroatoms. The average molecular weight is 477 g/mol. The van der Waals surface area contributed by atoms with E-state index >= 15 is 0 Å². The predicted molar refractivity (Wildman–Crippen MR) is 141 cm³/mol. The van der Waals surface area contributed by atoms with E-state index in [1.54, 1.807) is 17.0 Å². The molecule has 1 aliphatic heterocycles. The molecule has 1 atom stereocenters. The highest BCUT2D eigenvalue weighted by Crippen LogP contribution is 2.27. The van der Waals surface area contributed by atoms with Crippen LogP contribution in [0.1, 0.15) is 23.6 Å². The molecule has 2 aromatic heterocycles. The Bertz CT molecular complexity index is 1510. The zero-order valence-electron chi connectivity index (χ0n) is 20.0. The van der Waals surface area contributed by atoms with Gasteiger partial charge in [-0.1, -0.05) is 60.7 Å². The minimum absolute atomic E-state index is 0.0254. The Labute approximate surface area is 210 Å². The molecule has 0 N–H and O–H groups in total. The van der Waals surface area contributed by atoms with Crippen LogP contribution in [0.25, 0.3) is 16.7 Å². The van der Waals surface area contributed by atoms with Crippen molar-refractivity contribution in [2.75, 3.05) is 13.1 Å². The van der Waals surface area contributed by atoms with Crippen LogP contribution in [0, 0.1) is 0 Å². The van der Waals surface area contributed by atoms with Crippen LogP contribution in [0.4, 0.5) is 0 Å². The SMILES string of the molecule is O=c1n(-c2ccc(OCc3ccccc3)cc2)c2cnccc2n1[C@@H]1CCN(Cc2ccccc2)C1. The molecule has 36 heavy (non-hydrogen) atoms. The van der Waals surface area contributed by atoms with E-state index in [-0.39, 0.29) is 11.7 Å². The van der Waals surface area contributed by atoms with Gasteiger partial charge in [0.05, 0.1) is 29.0 Å². The molecule has 6 rings (SSSR count). The maximum absolute atomic E-state index is 13.8. The third-order valence-corrected chi connectivity index (χ3v) is 6.88. The lowest BCUT2D eigenvalue weighted by Gasteiger charge is -2.16. The summed E-state index contributed by atoms with van der Waals surface area (Å²) in [5.41, 5.74) is 4.94. The van der Waals surface area contributed by atoms with E-state index in [9.17, 15) is 4.79 Å². The van der Waals surface area contributed by atoms with Crippen molar-refractivity contribution < 1.29 is 4.74 Å². The lowest BCUT2D eigenvalue weighted by molar-refractivity contribution is 0.306. The predicted octanol–water partition coefficient (Wildman–Crippen LogP) is 5.21. The molecule has 0 spiro atoms. The molecule has 0 saturated carbocycles. The smallest absolute Gasteiger partial charge is 0.334 e. The molecule has 0 aliphatic carbocycles. The first-order chi connectivity index (χ1) is 17.8. The van der Waals surface area contributed by atoms with Crippen molar-refractivity contribution >= 4 is 11.0 Å². The van der Waals surface area contributed by atoms with Gasteiger partial charge in [-0.2, -0.15) is 0 Å². The number of nitrogens with zero attached hydrogens (tertiary/aromatic N) is 4. The van der Waals surface area contributed by atoms with Gasteiger partial charge in [0.25, 0.3) is 0 Å². The van der Waals surface area contributed by atoms with Crippen LogP contribution >= 0.6 is 0 Å². The first-order valence-corrected chi connectivity index (χ1v) is 12.4. The van der Waals surface area contributed by atoms with Crippen molar-refractivity contribution in [2.45, 2.75) is 25.6 Å². The highest BCUT2D eigenvalue weighted by atomic mass is 16.5. The molecule has 0 amide bonds. The summed E-state index contributed by atoms with van der Waals surface area (Å²) in [7, 11) is 0. The van der Waals surface area contributed by atoms with Crippen molar-refractivity contribution in [3.63, 3.8) is 0 Å². The monoisotopic (exact) mass is 476 g/mol. The molecule has 1 fully saturated rings. The second-order valence-corrected chi connectivity index (χ2v) is 9.28. The van der Waals surface area contributed by atoms with E-state index < -0.39 is 0 Å². The van der Waals surface area contributed by atoms with Gasteiger partial charge in [-0.15, -0.1) is 0 Å². The van der Waals surface area contributed by atoms with E-state index in [1.165, 1.54) is 5.56 Å². The Morgan fingerprint density at radius 3 is 2.31 bits per heavy atom. The molecule has 0 radical (unpaired) electrons. The van der Waals surface area contributed by atoms with Crippen molar-refractivity contribution in [3.05, 3.63) is 125 Å². The number of hydrogen-bond acceptors (Lipinski definition) is 4. The minimum atomic E-state index is -0.0254. The molecular formula is C30H28N4O2. The summed E-state index contributed by atoms with van der Waals surface area (Å²) in [4.78, 5) is 20.5. The van der Waals surface area contributed by atoms with Crippen LogP contribution in [0.5, 0.6) is 5.75 Å². The normalized spacial score (nSPS) is 15.9. The Kier molecular flexibility index (Phi) is 6.10. The molecule has 1 saturated heterocycles. The molecule has 3 heterocycles. The first kappa shape index (κ1) is 22.3. The van der Waals surface area contributed by atoms with Crippen LogP contribution < -0.4 is 10.4 Å². The summed E-state index contributed by atoms with van der Waals surface area (Å²) in [5, 5.41) is 0. The van der Waals surface area contributed by atoms with Crippen molar-refractivity contribution in [2.24, 2.45) is 0 Å². The number of hydrogen-bond donors (Lipinski definition) is 0. The number of ether oxygens (including phenoxy) is 1. The largest absolute Gasteiger partial charge is 0.489 e. The van der Waals surface area contributed by atoms with Crippen LogP contribution in [-0.2, 0) is 13.2 Å².